The molecule has 1 aromatic heterocycles. The predicted molar refractivity (Wildman–Crippen MR) is 99.0 cm³/mol. The summed E-state index contributed by atoms with van der Waals surface area (Å²) in [4.78, 5) is 27.0. The number of amides is 1. The first-order chi connectivity index (χ1) is 13.1. The lowest BCUT2D eigenvalue weighted by Crippen LogP contribution is -2.41. The van der Waals surface area contributed by atoms with E-state index in [4.69, 9.17) is 9.47 Å². The van der Waals surface area contributed by atoms with Crippen molar-refractivity contribution in [3.8, 4) is 17.2 Å². The molecule has 0 bridgehead atoms. The van der Waals surface area contributed by atoms with E-state index in [0.717, 1.165) is 9.36 Å². The molecule has 9 heteroatoms. The van der Waals surface area contributed by atoms with E-state index in [9.17, 15) is 9.59 Å². The molecule has 0 saturated carbocycles. The van der Waals surface area contributed by atoms with Crippen molar-refractivity contribution in [1.29, 1.82) is 0 Å². The molecule has 3 rings (SSSR count). The molecule has 1 heterocycles. The normalized spacial score (nSPS) is 10.5. The summed E-state index contributed by atoms with van der Waals surface area (Å²) in [5, 5.41) is 7.56. The molecule has 0 unspecified atom stereocenters. The van der Waals surface area contributed by atoms with Crippen LogP contribution in [0.4, 0.5) is 10.5 Å². The third kappa shape index (κ3) is 3.39. The number of carbonyl (C=O) groups excluding carboxylic acids is 1. The lowest BCUT2D eigenvalue weighted by Gasteiger charge is -2.19. The van der Waals surface area contributed by atoms with Gasteiger partial charge in [-0.05, 0) is 53.7 Å². The molecule has 27 heavy (non-hydrogen) atoms. The zero-order valence-corrected chi connectivity index (χ0v) is 15.2. The van der Waals surface area contributed by atoms with Crippen LogP contribution < -0.4 is 20.1 Å². The van der Waals surface area contributed by atoms with Gasteiger partial charge >= 0.3 is 11.7 Å². The van der Waals surface area contributed by atoms with Crippen molar-refractivity contribution in [2.45, 2.75) is 6.92 Å². The largest absolute Gasteiger partial charge is 0.497 e. The molecule has 140 valence electrons. The van der Waals surface area contributed by atoms with Gasteiger partial charge in [0.1, 0.15) is 17.2 Å². The van der Waals surface area contributed by atoms with Crippen LogP contribution in [0.3, 0.4) is 0 Å². The molecule has 3 aromatic rings. The fourth-order valence-corrected chi connectivity index (χ4v) is 2.63. The van der Waals surface area contributed by atoms with Crippen LogP contribution in [-0.2, 0) is 0 Å². The van der Waals surface area contributed by atoms with Gasteiger partial charge in [0.25, 0.3) is 0 Å². The molecule has 0 saturated heterocycles. The number of anilines is 1. The number of carbonyl (C=O) groups is 1. The Labute approximate surface area is 155 Å². The van der Waals surface area contributed by atoms with Crippen molar-refractivity contribution in [2.24, 2.45) is 0 Å². The van der Waals surface area contributed by atoms with Gasteiger partial charge in [-0.2, -0.15) is 4.68 Å². The molecule has 1 amide bonds. The number of para-hydroxylation sites is 2. The Balaban J connectivity index is 1.97. The molecular formula is C18H19N5O4. The summed E-state index contributed by atoms with van der Waals surface area (Å²) in [7, 11) is 3.05. The van der Waals surface area contributed by atoms with E-state index in [-0.39, 0.29) is 0 Å². The zero-order valence-electron chi connectivity index (χ0n) is 15.2. The van der Waals surface area contributed by atoms with Crippen LogP contribution in [0.25, 0.3) is 5.69 Å². The molecule has 0 atom stereocenters. The lowest BCUT2D eigenvalue weighted by atomic mass is 10.3. The third-order valence-electron chi connectivity index (χ3n) is 4.01. The van der Waals surface area contributed by atoms with Crippen LogP contribution >= 0.6 is 0 Å². The summed E-state index contributed by atoms with van der Waals surface area (Å²) in [6.45, 7) is 2.15. The molecule has 9 nitrogen and oxygen atoms in total. The zero-order chi connectivity index (χ0) is 19.4. The van der Waals surface area contributed by atoms with E-state index in [1.54, 1.807) is 62.6 Å². The number of ether oxygens (including phenoxy) is 2. The first-order valence-electron chi connectivity index (χ1n) is 8.25. The molecule has 0 fully saturated rings. The number of methoxy groups -OCH3 is 2. The smallest absolute Gasteiger partial charge is 0.377 e. The molecule has 0 spiro atoms. The topological polar surface area (TPSA) is 91.5 Å². The highest BCUT2D eigenvalue weighted by Gasteiger charge is 2.22. The van der Waals surface area contributed by atoms with E-state index in [1.165, 1.54) is 12.0 Å². The number of nitrogens with zero attached hydrogens (tertiary/aromatic N) is 5. The Morgan fingerprint density at radius 1 is 1.04 bits per heavy atom. The fraction of sp³-hybridized carbons (Fsp3) is 0.222. The number of hydrogen-bond acceptors (Lipinski definition) is 6. The fourth-order valence-electron chi connectivity index (χ4n) is 2.63. The average molecular weight is 369 g/mol. The van der Waals surface area contributed by atoms with E-state index in [2.05, 4.69) is 10.4 Å². The SMILES string of the molecule is CCN(C(=O)n1nnn(-c2ccccc2OC)c1=O)c1ccc(OC)cc1. The van der Waals surface area contributed by atoms with Crippen LogP contribution in [0.2, 0.25) is 0 Å². The van der Waals surface area contributed by atoms with E-state index in [1.807, 2.05) is 0 Å². The minimum atomic E-state index is -0.684. The van der Waals surface area contributed by atoms with Crippen molar-refractivity contribution >= 4 is 11.7 Å². The van der Waals surface area contributed by atoms with Crippen molar-refractivity contribution in [1.82, 2.24) is 19.8 Å². The second-order valence-corrected chi connectivity index (χ2v) is 5.48. The monoisotopic (exact) mass is 369 g/mol. The highest BCUT2D eigenvalue weighted by atomic mass is 16.5. The van der Waals surface area contributed by atoms with E-state index in [0.29, 0.717) is 29.4 Å². The maximum absolute atomic E-state index is 12.9. The molecular weight excluding hydrogens is 350 g/mol. The summed E-state index contributed by atoms with van der Waals surface area (Å²) in [6, 6.07) is 13.2. The van der Waals surface area contributed by atoms with Gasteiger partial charge < -0.3 is 9.47 Å². The Kier molecular flexibility index (Phi) is 5.20. The van der Waals surface area contributed by atoms with E-state index >= 15 is 0 Å². The second-order valence-electron chi connectivity index (χ2n) is 5.48. The minimum absolute atomic E-state index is 0.346. The van der Waals surface area contributed by atoms with Gasteiger partial charge in [0.05, 0.1) is 14.2 Å². The maximum Gasteiger partial charge on any atom is 0.377 e. The van der Waals surface area contributed by atoms with Crippen molar-refractivity contribution in [2.75, 3.05) is 25.7 Å². The van der Waals surface area contributed by atoms with Gasteiger partial charge in [0.15, 0.2) is 0 Å². The van der Waals surface area contributed by atoms with Gasteiger partial charge in [0.2, 0.25) is 0 Å². The molecule has 0 radical (unpaired) electrons. The van der Waals surface area contributed by atoms with Gasteiger partial charge in [-0.25, -0.2) is 9.59 Å². The first-order valence-corrected chi connectivity index (χ1v) is 8.25. The summed E-state index contributed by atoms with van der Waals surface area (Å²) >= 11 is 0. The van der Waals surface area contributed by atoms with Gasteiger partial charge in [-0.3, -0.25) is 4.90 Å². The number of aromatic nitrogens is 4. The molecule has 0 aliphatic rings. The summed E-state index contributed by atoms with van der Waals surface area (Å²) < 4.78 is 12.1. The summed E-state index contributed by atoms with van der Waals surface area (Å²) in [5.74, 6) is 1.11. The Hall–Kier alpha value is -3.62. The molecule has 0 aliphatic heterocycles. The number of benzene rings is 2. The van der Waals surface area contributed by atoms with Crippen LogP contribution in [0.5, 0.6) is 11.5 Å². The van der Waals surface area contributed by atoms with Crippen molar-refractivity contribution in [3.05, 3.63) is 59.0 Å². The number of tetrazole rings is 1. The van der Waals surface area contributed by atoms with E-state index < -0.39 is 11.7 Å². The summed E-state index contributed by atoms with van der Waals surface area (Å²) in [6.07, 6.45) is 0. The highest BCUT2D eigenvalue weighted by molar-refractivity contribution is 5.92. The first kappa shape index (κ1) is 18.2. The standard InChI is InChI=1S/C18H19N5O4/c1-4-21(13-9-11-14(26-2)12-10-13)17(24)23-18(25)22(19-20-23)15-7-5-6-8-16(15)27-3/h5-12H,4H2,1-3H3. The van der Waals surface area contributed by atoms with Crippen LogP contribution in [0, 0.1) is 0 Å². The average Bonchev–Trinajstić information content (AvgIpc) is 3.10. The lowest BCUT2D eigenvalue weighted by molar-refractivity contribution is 0.244. The van der Waals surface area contributed by atoms with Gasteiger partial charge in [0, 0.05) is 12.2 Å². The number of rotatable bonds is 5. The van der Waals surface area contributed by atoms with Gasteiger partial charge in [-0.1, -0.05) is 12.1 Å². The van der Waals surface area contributed by atoms with Crippen molar-refractivity contribution < 1.29 is 14.3 Å². The molecule has 2 aromatic carbocycles. The Morgan fingerprint density at radius 3 is 2.37 bits per heavy atom. The van der Waals surface area contributed by atoms with Crippen LogP contribution in [0.15, 0.2) is 53.3 Å². The maximum atomic E-state index is 12.9. The van der Waals surface area contributed by atoms with Crippen molar-refractivity contribution in [3.63, 3.8) is 0 Å². The number of hydrogen-bond donors (Lipinski definition) is 0. The van der Waals surface area contributed by atoms with Crippen LogP contribution in [0.1, 0.15) is 6.92 Å². The minimum Gasteiger partial charge on any atom is -0.497 e. The quantitative estimate of drug-likeness (QED) is 0.638. The third-order valence-corrected chi connectivity index (χ3v) is 4.01. The second kappa shape index (κ2) is 7.73. The van der Waals surface area contributed by atoms with Gasteiger partial charge in [-0.15, -0.1) is 4.68 Å². The molecule has 0 aliphatic carbocycles. The Bertz CT molecular complexity index is 993. The molecule has 0 N–H and O–H groups in total. The highest BCUT2D eigenvalue weighted by Crippen LogP contribution is 2.21. The predicted octanol–water partition coefficient (Wildman–Crippen LogP) is 1.94. The summed E-state index contributed by atoms with van der Waals surface area (Å²) in [5.41, 5.74) is 0.329. The Morgan fingerprint density at radius 2 is 1.74 bits per heavy atom. The van der Waals surface area contributed by atoms with Crippen LogP contribution in [-0.4, -0.2) is 46.6 Å².